The highest BCUT2D eigenvalue weighted by Gasteiger charge is 2.06. The molecule has 0 radical (unpaired) electrons. The lowest BCUT2D eigenvalue weighted by Crippen LogP contribution is -2.02. The number of hydrogen-bond donors (Lipinski definition) is 2. The molecule has 3 rings (SSSR count). The maximum atomic E-state index is 5.72. The summed E-state index contributed by atoms with van der Waals surface area (Å²) in [6.45, 7) is 0.491. The molecular formula is C14H13N3O. The monoisotopic (exact) mass is 239 g/mol. The third-order valence-electron chi connectivity index (χ3n) is 2.87. The summed E-state index contributed by atoms with van der Waals surface area (Å²) in [4.78, 5) is 4.34. The molecule has 2 aromatic heterocycles. The molecule has 0 unspecified atom stereocenters. The molecule has 0 fully saturated rings. The SMILES string of the molecule is NCc1ccccc1Nc1nccc2occc12. The fraction of sp³-hybridized carbons (Fsp3) is 0.0714. The van der Waals surface area contributed by atoms with Gasteiger partial charge in [-0.3, -0.25) is 0 Å². The van der Waals surface area contributed by atoms with Crippen LogP contribution in [-0.4, -0.2) is 4.98 Å². The molecule has 4 nitrogen and oxygen atoms in total. The van der Waals surface area contributed by atoms with Crippen molar-refractivity contribution >= 4 is 22.5 Å². The lowest BCUT2D eigenvalue weighted by Gasteiger charge is -2.10. The highest BCUT2D eigenvalue weighted by molar-refractivity contribution is 5.90. The van der Waals surface area contributed by atoms with Gasteiger partial charge in [0, 0.05) is 18.4 Å². The Balaban J connectivity index is 2.04. The zero-order valence-electron chi connectivity index (χ0n) is 9.76. The van der Waals surface area contributed by atoms with Crippen LogP contribution in [0, 0.1) is 0 Å². The number of para-hydroxylation sites is 1. The van der Waals surface area contributed by atoms with Gasteiger partial charge in [0.05, 0.1) is 11.6 Å². The van der Waals surface area contributed by atoms with Crippen LogP contribution in [0.5, 0.6) is 0 Å². The number of anilines is 2. The summed E-state index contributed by atoms with van der Waals surface area (Å²) in [5.41, 5.74) is 8.56. The topological polar surface area (TPSA) is 64.1 Å². The number of rotatable bonds is 3. The molecule has 3 aromatic rings. The van der Waals surface area contributed by atoms with Gasteiger partial charge in [0.1, 0.15) is 11.4 Å². The Kier molecular flexibility index (Phi) is 2.70. The average molecular weight is 239 g/mol. The first-order chi connectivity index (χ1) is 8.88. The number of pyridine rings is 1. The van der Waals surface area contributed by atoms with Crippen molar-refractivity contribution in [2.45, 2.75) is 6.54 Å². The van der Waals surface area contributed by atoms with E-state index in [0.29, 0.717) is 6.54 Å². The maximum absolute atomic E-state index is 5.72. The predicted molar refractivity (Wildman–Crippen MR) is 71.6 cm³/mol. The van der Waals surface area contributed by atoms with Crippen LogP contribution < -0.4 is 11.1 Å². The van der Waals surface area contributed by atoms with Crippen LogP contribution in [-0.2, 0) is 6.54 Å². The molecule has 0 amide bonds. The standard InChI is InChI=1S/C14H13N3O/c15-9-10-3-1-2-4-12(10)17-14-11-6-8-18-13(11)5-7-16-14/h1-8H,9,15H2,(H,16,17). The van der Waals surface area contributed by atoms with Crippen molar-refractivity contribution in [2.24, 2.45) is 5.73 Å². The lowest BCUT2D eigenvalue weighted by atomic mass is 10.1. The Labute approximate surface area is 104 Å². The summed E-state index contributed by atoms with van der Waals surface area (Å²) in [6.07, 6.45) is 3.38. The largest absolute Gasteiger partial charge is 0.464 e. The third-order valence-corrected chi connectivity index (χ3v) is 2.87. The maximum Gasteiger partial charge on any atom is 0.141 e. The van der Waals surface area contributed by atoms with E-state index in [1.54, 1.807) is 12.5 Å². The number of nitrogens with one attached hydrogen (secondary N) is 1. The molecule has 18 heavy (non-hydrogen) atoms. The van der Waals surface area contributed by atoms with Gasteiger partial charge < -0.3 is 15.5 Å². The molecule has 90 valence electrons. The number of furan rings is 1. The molecule has 0 aliphatic rings. The van der Waals surface area contributed by atoms with Crippen LogP contribution in [0.15, 0.2) is 53.3 Å². The smallest absolute Gasteiger partial charge is 0.141 e. The first-order valence-electron chi connectivity index (χ1n) is 5.75. The van der Waals surface area contributed by atoms with Crippen molar-refractivity contribution < 1.29 is 4.42 Å². The number of benzene rings is 1. The summed E-state index contributed by atoms with van der Waals surface area (Å²) < 4.78 is 5.35. The Bertz CT molecular complexity index is 675. The molecular weight excluding hydrogens is 226 g/mol. The highest BCUT2D eigenvalue weighted by atomic mass is 16.3. The van der Waals surface area contributed by atoms with E-state index in [1.165, 1.54) is 0 Å². The zero-order chi connectivity index (χ0) is 12.4. The van der Waals surface area contributed by atoms with Gasteiger partial charge in [0.25, 0.3) is 0 Å². The van der Waals surface area contributed by atoms with E-state index in [9.17, 15) is 0 Å². The van der Waals surface area contributed by atoms with Crippen LogP contribution in [0.2, 0.25) is 0 Å². The molecule has 0 bridgehead atoms. The van der Waals surface area contributed by atoms with Gasteiger partial charge in [0.15, 0.2) is 0 Å². The van der Waals surface area contributed by atoms with E-state index in [2.05, 4.69) is 10.3 Å². The minimum atomic E-state index is 0.491. The summed E-state index contributed by atoms with van der Waals surface area (Å²) in [7, 11) is 0. The second-order valence-electron chi connectivity index (χ2n) is 3.98. The molecule has 0 atom stereocenters. The van der Waals surface area contributed by atoms with Crippen LogP contribution in [0.25, 0.3) is 11.0 Å². The average Bonchev–Trinajstić information content (AvgIpc) is 2.89. The Morgan fingerprint density at radius 1 is 1.17 bits per heavy atom. The van der Waals surface area contributed by atoms with Gasteiger partial charge in [-0.05, 0) is 23.8 Å². The zero-order valence-corrected chi connectivity index (χ0v) is 9.76. The molecule has 0 spiro atoms. The van der Waals surface area contributed by atoms with Crippen molar-refractivity contribution in [1.29, 1.82) is 0 Å². The highest BCUT2D eigenvalue weighted by Crippen LogP contribution is 2.26. The molecule has 1 aromatic carbocycles. The predicted octanol–water partition coefficient (Wildman–Crippen LogP) is 3.03. The van der Waals surface area contributed by atoms with Gasteiger partial charge in [0.2, 0.25) is 0 Å². The van der Waals surface area contributed by atoms with Gasteiger partial charge in [-0.15, -0.1) is 0 Å². The number of nitrogens with zero attached hydrogens (tertiary/aromatic N) is 1. The number of fused-ring (bicyclic) bond motifs is 1. The number of hydrogen-bond acceptors (Lipinski definition) is 4. The molecule has 3 N–H and O–H groups in total. The van der Waals surface area contributed by atoms with E-state index in [-0.39, 0.29) is 0 Å². The fourth-order valence-electron chi connectivity index (χ4n) is 1.94. The minimum absolute atomic E-state index is 0.491. The Morgan fingerprint density at radius 2 is 2.06 bits per heavy atom. The quantitative estimate of drug-likeness (QED) is 0.737. The summed E-state index contributed by atoms with van der Waals surface area (Å²) in [5, 5.41) is 4.26. The van der Waals surface area contributed by atoms with Gasteiger partial charge in [-0.2, -0.15) is 0 Å². The van der Waals surface area contributed by atoms with E-state index >= 15 is 0 Å². The van der Waals surface area contributed by atoms with Crippen molar-refractivity contribution in [2.75, 3.05) is 5.32 Å². The molecule has 0 aliphatic heterocycles. The van der Waals surface area contributed by atoms with Crippen LogP contribution >= 0.6 is 0 Å². The van der Waals surface area contributed by atoms with Crippen LogP contribution in [0.1, 0.15) is 5.56 Å². The van der Waals surface area contributed by atoms with Crippen molar-refractivity contribution in [1.82, 2.24) is 4.98 Å². The van der Waals surface area contributed by atoms with Crippen molar-refractivity contribution in [3.8, 4) is 0 Å². The molecule has 0 saturated heterocycles. The first-order valence-corrected chi connectivity index (χ1v) is 5.75. The van der Waals surface area contributed by atoms with Crippen molar-refractivity contribution in [3.05, 3.63) is 54.4 Å². The van der Waals surface area contributed by atoms with Crippen molar-refractivity contribution in [3.63, 3.8) is 0 Å². The van der Waals surface area contributed by atoms with Gasteiger partial charge in [-0.1, -0.05) is 18.2 Å². The molecule has 0 saturated carbocycles. The van der Waals surface area contributed by atoms with E-state index in [0.717, 1.165) is 28.0 Å². The summed E-state index contributed by atoms with van der Waals surface area (Å²) in [6, 6.07) is 11.7. The lowest BCUT2D eigenvalue weighted by molar-refractivity contribution is 0.615. The second kappa shape index (κ2) is 4.50. The van der Waals surface area contributed by atoms with E-state index < -0.39 is 0 Å². The fourth-order valence-corrected chi connectivity index (χ4v) is 1.94. The first kappa shape index (κ1) is 10.8. The van der Waals surface area contributed by atoms with Crippen LogP contribution in [0.4, 0.5) is 11.5 Å². The molecule has 4 heteroatoms. The molecule has 2 heterocycles. The summed E-state index contributed by atoms with van der Waals surface area (Å²) in [5.74, 6) is 0.780. The van der Waals surface area contributed by atoms with E-state index in [4.69, 9.17) is 10.2 Å². The van der Waals surface area contributed by atoms with Gasteiger partial charge in [-0.25, -0.2) is 4.98 Å². The van der Waals surface area contributed by atoms with E-state index in [1.807, 2.05) is 36.4 Å². The third kappa shape index (κ3) is 1.83. The molecule has 0 aliphatic carbocycles. The van der Waals surface area contributed by atoms with Crippen LogP contribution in [0.3, 0.4) is 0 Å². The normalized spacial score (nSPS) is 10.7. The second-order valence-corrected chi connectivity index (χ2v) is 3.98. The minimum Gasteiger partial charge on any atom is -0.464 e. The Morgan fingerprint density at radius 3 is 2.94 bits per heavy atom. The van der Waals surface area contributed by atoms with Gasteiger partial charge >= 0.3 is 0 Å². The number of nitrogens with two attached hydrogens (primary N) is 1. The number of aromatic nitrogens is 1. The summed E-state index contributed by atoms with van der Waals surface area (Å²) >= 11 is 0. The Hall–Kier alpha value is -2.33.